The molecule has 1 aliphatic heterocycles. The molecule has 4 rings (SSSR count). The van der Waals surface area contributed by atoms with Gasteiger partial charge in [0.05, 0.1) is 0 Å². The van der Waals surface area contributed by atoms with Crippen molar-refractivity contribution in [3.63, 3.8) is 0 Å². The van der Waals surface area contributed by atoms with Crippen molar-refractivity contribution in [1.29, 1.82) is 0 Å². The summed E-state index contributed by atoms with van der Waals surface area (Å²) in [6.45, 7) is 5.01. The van der Waals surface area contributed by atoms with Gasteiger partial charge < -0.3 is 20.1 Å². The lowest BCUT2D eigenvalue weighted by Crippen LogP contribution is -2.51. The summed E-state index contributed by atoms with van der Waals surface area (Å²) in [6, 6.07) is 15.7. The molecule has 3 atom stereocenters. The van der Waals surface area contributed by atoms with Crippen LogP contribution in [0.2, 0.25) is 0 Å². The molecule has 2 N–H and O–H groups in total. The fourth-order valence-electron chi connectivity index (χ4n) is 5.31. The number of amides is 2. The summed E-state index contributed by atoms with van der Waals surface area (Å²) in [4.78, 5) is 38.3. The van der Waals surface area contributed by atoms with Gasteiger partial charge in [-0.1, -0.05) is 62.4 Å². The van der Waals surface area contributed by atoms with E-state index in [1.54, 1.807) is 0 Å². The Kier molecular flexibility index (Phi) is 7.73. The van der Waals surface area contributed by atoms with Crippen molar-refractivity contribution < 1.29 is 24.2 Å². The van der Waals surface area contributed by atoms with Crippen LogP contribution in [0.1, 0.15) is 56.6 Å². The highest BCUT2D eigenvalue weighted by Crippen LogP contribution is 2.44. The molecule has 7 nitrogen and oxygen atoms in total. The molecule has 35 heavy (non-hydrogen) atoms. The van der Waals surface area contributed by atoms with Crippen LogP contribution in [0.4, 0.5) is 4.79 Å². The van der Waals surface area contributed by atoms with E-state index in [1.165, 1.54) is 27.2 Å². The maximum atomic E-state index is 12.9. The summed E-state index contributed by atoms with van der Waals surface area (Å²) in [7, 11) is 0. The Bertz CT molecular complexity index is 1040. The van der Waals surface area contributed by atoms with Gasteiger partial charge in [0.25, 0.3) is 0 Å². The highest BCUT2D eigenvalue weighted by molar-refractivity contribution is 5.85. The number of rotatable bonds is 8. The van der Waals surface area contributed by atoms with E-state index >= 15 is 0 Å². The van der Waals surface area contributed by atoms with Crippen molar-refractivity contribution in [2.24, 2.45) is 11.8 Å². The SMILES string of the molecule is CC1CCC(C(=O)O)N(C(=O)C(C)CCCNC(=O)OCC2c3ccccc3-c3ccccc32)C1. The van der Waals surface area contributed by atoms with E-state index in [-0.39, 0.29) is 24.3 Å². The number of nitrogens with zero attached hydrogens (tertiary/aromatic N) is 1. The molecular weight excluding hydrogens is 444 g/mol. The molecule has 2 aromatic carbocycles. The van der Waals surface area contributed by atoms with Crippen molar-refractivity contribution in [2.75, 3.05) is 19.7 Å². The predicted molar refractivity (Wildman–Crippen MR) is 133 cm³/mol. The van der Waals surface area contributed by atoms with Crippen molar-refractivity contribution in [1.82, 2.24) is 10.2 Å². The molecule has 0 radical (unpaired) electrons. The van der Waals surface area contributed by atoms with Crippen LogP contribution < -0.4 is 5.32 Å². The van der Waals surface area contributed by atoms with E-state index in [1.807, 2.05) is 38.1 Å². The van der Waals surface area contributed by atoms with Gasteiger partial charge in [-0.2, -0.15) is 0 Å². The van der Waals surface area contributed by atoms with Gasteiger partial charge in [0.1, 0.15) is 12.6 Å². The first-order chi connectivity index (χ1) is 16.9. The second-order valence-electron chi connectivity index (χ2n) is 9.82. The summed E-state index contributed by atoms with van der Waals surface area (Å²) >= 11 is 0. The summed E-state index contributed by atoms with van der Waals surface area (Å²) in [6.07, 6.45) is 2.02. The fourth-order valence-corrected chi connectivity index (χ4v) is 5.31. The van der Waals surface area contributed by atoms with Crippen molar-refractivity contribution in [3.05, 3.63) is 59.7 Å². The van der Waals surface area contributed by atoms with Gasteiger partial charge in [-0.05, 0) is 53.9 Å². The number of fused-ring (bicyclic) bond motifs is 3. The third-order valence-electron chi connectivity index (χ3n) is 7.23. The Labute approximate surface area is 206 Å². The minimum atomic E-state index is -0.936. The molecule has 0 saturated carbocycles. The molecule has 1 saturated heterocycles. The maximum Gasteiger partial charge on any atom is 0.407 e. The molecule has 2 aromatic rings. The van der Waals surface area contributed by atoms with Crippen molar-refractivity contribution >= 4 is 18.0 Å². The van der Waals surface area contributed by atoms with Crippen molar-refractivity contribution in [2.45, 2.75) is 51.5 Å². The fraction of sp³-hybridized carbons (Fsp3) is 0.464. The number of likely N-dealkylation sites (tertiary alicyclic amines) is 1. The van der Waals surface area contributed by atoms with Crippen LogP contribution in [-0.2, 0) is 14.3 Å². The van der Waals surface area contributed by atoms with E-state index in [0.29, 0.717) is 38.3 Å². The second-order valence-corrected chi connectivity index (χ2v) is 9.82. The number of aliphatic carboxylic acids is 1. The number of carbonyl (C=O) groups excluding carboxylic acids is 2. The van der Waals surface area contributed by atoms with Crippen LogP contribution in [0.15, 0.2) is 48.5 Å². The lowest BCUT2D eigenvalue weighted by molar-refractivity contribution is -0.154. The first-order valence-corrected chi connectivity index (χ1v) is 12.5. The Hall–Kier alpha value is -3.35. The average Bonchev–Trinajstić information content (AvgIpc) is 3.18. The smallest absolute Gasteiger partial charge is 0.407 e. The van der Waals surface area contributed by atoms with Gasteiger partial charge in [-0.15, -0.1) is 0 Å². The molecule has 1 heterocycles. The number of benzene rings is 2. The monoisotopic (exact) mass is 478 g/mol. The molecular formula is C28H34N2O5. The molecule has 186 valence electrons. The number of nitrogens with one attached hydrogen (secondary N) is 1. The van der Waals surface area contributed by atoms with Gasteiger partial charge in [0.15, 0.2) is 0 Å². The Balaban J connectivity index is 1.22. The third kappa shape index (κ3) is 5.50. The predicted octanol–water partition coefficient (Wildman–Crippen LogP) is 4.65. The molecule has 1 fully saturated rings. The first-order valence-electron chi connectivity index (χ1n) is 12.5. The quantitative estimate of drug-likeness (QED) is 0.539. The maximum absolute atomic E-state index is 12.9. The zero-order valence-corrected chi connectivity index (χ0v) is 20.4. The highest BCUT2D eigenvalue weighted by atomic mass is 16.5. The molecule has 1 aliphatic carbocycles. The summed E-state index contributed by atoms with van der Waals surface area (Å²) < 4.78 is 5.55. The van der Waals surface area contributed by atoms with Crippen LogP contribution in [0.25, 0.3) is 11.1 Å². The van der Waals surface area contributed by atoms with Crippen LogP contribution >= 0.6 is 0 Å². The number of alkyl carbamates (subject to hydrolysis) is 1. The normalized spacial score (nSPS) is 20.0. The molecule has 0 spiro atoms. The van der Waals surface area contributed by atoms with Gasteiger partial charge >= 0.3 is 12.1 Å². The van der Waals surface area contributed by atoms with Crippen LogP contribution in [-0.4, -0.2) is 53.7 Å². The van der Waals surface area contributed by atoms with Gasteiger partial charge in [-0.3, -0.25) is 4.79 Å². The minimum Gasteiger partial charge on any atom is -0.480 e. The lowest BCUT2D eigenvalue weighted by atomic mass is 9.92. The van der Waals surface area contributed by atoms with E-state index in [9.17, 15) is 19.5 Å². The van der Waals surface area contributed by atoms with E-state index in [0.717, 1.165) is 6.42 Å². The highest BCUT2D eigenvalue weighted by Gasteiger charge is 2.36. The lowest BCUT2D eigenvalue weighted by Gasteiger charge is -2.37. The summed E-state index contributed by atoms with van der Waals surface area (Å²) in [5.41, 5.74) is 4.70. The van der Waals surface area contributed by atoms with Crippen LogP contribution in [0, 0.1) is 11.8 Å². The molecule has 0 bridgehead atoms. The average molecular weight is 479 g/mol. The Morgan fingerprint density at radius 2 is 1.69 bits per heavy atom. The molecule has 2 amide bonds. The minimum absolute atomic E-state index is 0.0138. The number of carboxylic acids is 1. The Morgan fingerprint density at radius 1 is 1.06 bits per heavy atom. The molecule has 7 heteroatoms. The number of carboxylic acid groups (broad SMARTS) is 1. The number of carbonyl (C=O) groups is 3. The third-order valence-corrected chi connectivity index (χ3v) is 7.23. The molecule has 2 aliphatic rings. The van der Waals surface area contributed by atoms with Crippen molar-refractivity contribution in [3.8, 4) is 11.1 Å². The van der Waals surface area contributed by atoms with Crippen LogP contribution in [0.5, 0.6) is 0 Å². The number of hydrogen-bond acceptors (Lipinski definition) is 4. The van der Waals surface area contributed by atoms with Crippen LogP contribution in [0.3, 0.4) is 0 Å². The molecule has 3 unspecified atom stereocenters. The zero-order chi connectivity index (χ0) is 24.9. The van der Waals surface area contributed by atoms with E-state index in [4.69, 9.17) is 4.74 Å². The zero-order valence-electron chi connectivity index (χ0n) is 20.4. The topological polar surface area (TPSA) is 95.9 Å². The van der Waals surface area contributed by atoms with E-state index in [2.05, 4.69) is 29.6 Å². The van der Waals surface area contributed by atoms with Gasteiger partial charge in [-0.25, -0.2) is 9.59 Å². The number of ether oxygens (including phenoxy) is 1. The molecule has 0 aromatic heterocycles. The summed E-state index contributed by atoms with van der Waals surface area (Å²) in [5, 5.41) is 12.3. The number of piperidine rings is 1. The summed E-state index contributed by atoms with van der Waals surface area (Å²) in [5.74, 6) is -1.04. The second kappa shape index (κ2) is 10.9. The number of hydrogen-bond donors (Lipinski definition) is 2. The van der Waals surface area contributed by atoms with Gasteiger partial charge in [0.2, 0.25) is 5.91 Å². The van der Waals surface area contributed by atoms with E-state index < -0.39 is 18.1 Å². The van der Waals surface area contributed by atoms with Gasteiger partial charge in [0, 0.05) is 24.9 Å². The largest absolute Gasteiger partial charge is 0.480 e. The standard InChI is InChI=1S/C28H34N2O5/c1-18-13-14-25(27(32)33)30(16-18)26(31)19(2)8-7-15-29-28(34)35-17-24-22-11-5-3-9-20(22)21-10-4-6-12-23(21)24/h3-6,9-12,18-19,24-25H,7-8,13-17H2,1-2H3,(H,29,34)(H,32,33). The Morgan fingerprint density at radius 3 is 2.31 bits per heavy atom. The first kappa shape index (κ1) is 24.8.